The summed E-state index contributed by atoms with van der Waals surface area (Å²) in [5.74, 6) is 0.905. The second-order valence-corrected chi connectivity index (χ2v) is 9.14. The van der Waals surface area contributed by atoms with Gasteiger partial charge in [-0.3, -0.25) is 9.59 Å². The van der Waals surface area contributed by atoms with Crippen molar-refractivity contribution in [3.05, 3.63) is 74.0 Å². The smallest absolute Gasteiger partial charge is 0.339 e. The van der Waals surface area contributed by atoms with Crippen LogP contribution in [0.1, 0.15) is 35.6 Å². The standard InChI is InChI=1S/C25H24N2O5/c28-23-6-2-5-21-16-9-15(12-27(21)23)11-26(13-16)24(29)14-31-17-7-8-19-18-3-1-4-20(18)25(30)32-22(19)10-17/h2,5-8,10,15-16H,1,3-4,9,11-14H2/t15-,16-/m0/s1. The number of carbonyl (C=O) groups excluding carboxylic acids is 1. The number of aryl methyl sites for hydroxylation is 1. The van der Waals surface area contributed by atoms with Crippen LogP contribution >= 0.6 is 0 Å². The van der Waals surface area contributed by atoms with Crippen molar-refractivity contribution in [3.63, 3.8) is 0 Å². The number of aromatic nitrogens is 1. The van der Waals surface area contributed by atoms with Gasteiger partial charge in [-0.05, 0) is 55.4 Å². The maximum atomic E-state index is 12.9. The van der Waals surface area contributed by atoms with E-state index in [4.69, 9.17) is 9.15 Å². The largest absolute Gasteiger partial charge is 0.484 e. The van der Waals surface area contributed by atoms with Gasteiger partial charge in [0.1, 0.15) is 11.3 Å². The summed E-state index contributed by atoms with van der Waals surface area (Å²) in [5, 5.41) is 0.952. The van der Waals surface area contributed by atoms with Crippen LogP contribution in [0.2, 0.25) is 0 Å². The highest BCUT2D eigenvalue weighted by Crippen LogP contribution is 2.35. The lowest BCUT2D eigenvalue weighted by Gasteiger charge is -2.42. The Bertz CT molecular complexity index is 1350. The fourth-order valence-corrected chi connectivity index (χ4v) is 5.69. The number of hydrogen-bond acceptors (Lipinski definition) is 5. The van der Waals surface area contributed by atoms with E-state index in [0.29, 0.717) is 31.0 Å². The van der Waals surface area contributed by atoms with Gasteiger partial charge < -0.3 is 18.6 Å². The summed E-state index contributed by atoms with van der Waals surface area (Å²) >= 11 is 0. The molecule has 0 unspecified atom stereocenters. The Kier molecular flexibility index (Phi) is 4.45. The molecule has 1 fully saturated rings. The number of pyridine rings is 1. The van der Waals surface area contributed by atoms with Crippen LogP contribution in [0.4, 0.5) is 0 Å². The minimum atomic E-state index is -0.266. The highest BCUT2D eigenvalue weighted by atomic mass is 16.5. The van der Waals surface area contributed by atoms with Crippen LogP contribution in [0.15, 0.2) is 50.4 Å². The average Bonchev–Trinajstić information content (AvgIpc) is 3.29. The summed E-state index contributed by atoms with van der Waals surface area (Å²) in [7, 11) is 0. The number of likely N-dealkylation sites (tertiary alicyclic amines) is 1. The predicted molar refractivity (Wildman–Crippen MR) is 118 cm³/mol. The first-order valence-corrected chi connectivity index (χ1v) is 11.3. The number of amides is 1. The van der Waals surface area contributed by atoms with E-state index in [1.54, 1.807) is 18.2 Å². The zero-order chi connectivity index (χ0) is 21.8. The number of benzene rings is 1. The van der Waals surface area contributed by atoms with Crippen LogP contribution in [0, 0.1) is 5.92 Å². The minimum absolute atomic E-state index is 0.0360. The highest BCUT2D eigenvalue weighted by Gasteiger charge is 2.36. The van der Waals surface area contributed by atoms with Crippen LogP contribution in [0.25, 0.3) is 11.0 Å². The first-order chi connectivity index (χ1) is 15.6. The molecular weight excluding hydrogens is 408 g/mol. The lowest BCUT2D eigenvalue weighted by molar-refractivity contribution is -0.136. The molecule has 6 rings (SSSR count). The Morgan fingerprint density at radius 3 is 2.84 bits per heavy atom. The SMILES string of the molecule is O=C(COc1ccc2c3c(c(=O)oc2c1)CCC3)N1C[C@@H]2C[C@@H](C1)c1cccc(=O)n1C2. The third-order valence-corrected chi connectivity index (χ3v) is 7.14. The monoisotopic (exact) mass is 432 g/mol. The molecule has 32 heavy (non-hydrogen) atoms. The van der Waals surface area contributed by atoms with E-state index < -0.39 is 0 Å². The van der Waals surface area contributed by atoms with Gasteiger partial charge in [0.25, 0.3) is 11.5 Å². The van der Waals surface area contributed by atoms with Crippen molar-refractivity contribution in [1.82, 2.24) is 9.47 Å². The summed E-state index contributed by atoms with van der Waals surface area (Å²) in [5.41, 5.74) is 3.17. The van der Waals surface area contributed by atoms with E-state index in [9.17, 15) is 14.4 Å². The Balaban J connectivity index is 1.17. The summed E-state index contributed by atoms with van der Waals surface area (Å²) in [6.45, 7) is 1.82. The summed E-state index contributed by atoms with van der Waals surface area (Å²) < 4.78 is 13.2. The van der Waals surface area contributed by atoms with Crippen molar-refractivity contribution in [1.29, 1.82) is 0 Å². The Morgan fingerprint density at radius 1 is 1.06 bits per heavy atom. The molecule has 1 saturated heterocycles. The molecule has 4 heterocycles. The number of ether oxygens (including phenoxy) is 1. The lowest BCUT2D eigenvalue weighted by Crippen LogP contribution is -2.50. The van der Waals surface area contributed by atoms with Crippen LogP contribution < -0.4 is 15.9 Å². The molecule has 2 aromatic heterocycles. The topological polar surface area (TPSA) is 81.8 Å². The van der Waals surface area contributed by atoms with Crippen LogP contribution in [-0.2, 0) is 24.2 Å². The molecule has 2 atom stereocenters. The predicted octanol–water partition coefficient (Wildman–Crippen LogP) is 2.47. The van der Waals surface area contributed by atoms with Gasteiger partial charge in [-0.1, -0.05) is 6.07 Å². The van der Waals surface area contributed by atoms with Crippen molar-refractivity contribution < 1.29 is 13.9 Å². The van der Waals surface area contributed by atoms with Gasteiger partial charge in [-0.25, -0.2) is 4.79 Å². The van der Waals surface area contributed by atoms with E-state index in [-0.39, 0.29) is 35.5 Å². The van der Waals surface area contributed by atoms with Gasteiger partial charge >= 0.3 is 5.63 Å². The summed E-state index contributed by atoms with van der Waals surface area (Å²) in [4.78, 5) is 39.2. The zero-order valence-corrected chi connectivity index (χ0v) is 17.7. The second kappa shape index (κ2) is 7.36. The maximum Gasteiger partial charge on any atom is 0.339 e. The van der Waals surface area contributed by atoms with Crippen molar-refractivity contribution >= 4 is 16.9 Å². The molecule has 0 radical (unpaired) electrons. The Labute approximate surface area is 184 Å². The molecule has 164 valence electrons. The van der Waals surface area contributed by atoms with Gasteiger partial charge in [-0.2, -0.15) is 0 Å². The zero-order valence-electron chi connectivity index (χ0n) is 17.7. The molecule has 0 N–H and O–H groups in total. The molecule has 3 aliphatic rings. The van der Waals surface area contributed by atoms with Crippen molar-refractivity contribution in [2.24, 2.45) is 5.92 Å². The Hall–Kier alpha value is -3.35. The van der Waals surface area contributed by atoms with Crippen LogP contribution in [-0.4, -0.2) is 35.1 Å². The molecule has 7 nitrogen and oxygen atoms in total. The highest BCUT2D eigenvalue weighted by molar-refractivity contribution is 5.83. The molecule has 3 aromatic rings. The number of fused-ring (bicyclic) bond motifs is 7. The van der Waals surface area contributed by atoms with Crippen molar-refractivity contribution in [3.8, 4) is 5.75 Å². The summed E-state index contributed by atoms with van der Waals surface area (Å²) in [6, 6.07) is 10.8. The van der Waals surface area contributed by atoms with Crippen LogP contribution in [0.3, 0.4) is 0 Å². The van der Waals surface area contributed by atoms with Gasteiger partial charge in [0, 0.05) is 54.3 Å². The van der Waals surface area contributed by atoms with Gasteiger partial charge in [0.05, 0.1) is 0 Å². The molecule has 1 aromatic carbocycles. The first-order valence-electron chi connectivity index (χ1n) is 11.3. The average molecular weight is 432 g/mol. The molecular formula is C25H24N2O5. The number of rotatable bonds is 3. The minimum Gasteiger partial charge on any atom is -0.484 e. The number of carbonyl (C=O) groups is 1. The second-order valence-electron chi connectivity index (χ2n) is 9.14. The van der Waals surface area contributed by atoms with Crippen LogP contribution in [0.5, 0.6) is 5.75 Å². The third-order valence-electron chi connectivity index (χ3n) is 7.14. The lowest BCUT2D eigenvalue weighted by atomic mass is 9.83. The molecule has 2 aliphatic heterocycles. The van der Waals surface area contributed by atoms with Crippen molar-refractivity contribution in [2.75, 3.05) is 19.7 Å². The Morgan fingerprint density at radius 2 is 1.94 bits per heavy atom. The quantitative estimate of drug-likeness (QED) is 0.594. The number of piperidine rings is 1. The fourth-order valence-electron chi connectivity index (χ4n) is 5.69. The normalized spacial score (nSPS) is 21.3. The van der Waals surface area contributed by atoms with Gasteiger partial charge in [0.15, 0.2) is 6.61 Å². The van der Waals surface area contributed by atoms with Crippen molar-refractivity contribution in [2.45, 2.75) is 38.1 Å². The summed E-state index contributed by atoms with van der Waals surface area (Å²) in [6.07, 6.45) is 3.64. The molecule has 0 saturated carbocycles. The number of hydrogen-bond donors (Lipinski definition) is 0. The van der Waals surface area contributed by atoms with E-state index >= 15 is 0 Å². The fraction of sp³-hybridized carbons (Fsp3) is 0.400. The van der Waals surface area contributed by atoms with E-state index in [2.05, 4.69) is 0 Å². The molecule has 1 amide bonds. The van der Waals surface area contributed by atoms with E-state index in [1.165, 1.54) is 0 Å². The van der Waals surface area contributed by atoms with Gasteiger partial charge in [0.2, 0.25) is 0 Å². The first kappa shape index (κ1) is 19.3. The molecule has 2 bridgehead atoms. The maximum absolute atomic E-state index is 12.9. The van der Waals surface area contributed by atoms with Gasteiger partial charge in [-0.15, -0.1) is 0 Å². The van der Waals surface area contributed by atoms with E-state index in [0.717, 1.165) is 47.9 Å². The third kappa shape index (κ3) is 3.15. The molecule has 1 aliphatic carbocycles. The number of nitrogens with zero attached hydrogens (tertiary/aromatic N) is 2. The van der Waals surface area contributed by atoms with E-state index in [1.807, 2.05) is 27.7 Å². The molecule has 7 heteroatoms. The molecule has 0 spiro atoms.